The van der Waals surface area contributed by atoms with Crippen LogP contribution in [0, 0.1) is 0 Å². The van der Waals surface area contributed by atoms with E-state index in [0.717, 1.165) is 0 Å². The summed E-state index contributed by atoms with van der Waals surface area (Å²) < 4.78 is 32.1. The van der Waals surface area contributed by atoms with Crippen LogP contribution in [-0.4, -0.2) is 65.4 Å². The Morgan fingerprint density at radius 2 is 1.86 bits per heavy atom. The van der Waals surface area contributed by atoms with E-state index in [4.69, 9.17) is 28.4 Å². The standard InChI is InChI=1S/C14H23BrO7/c1-9-10(22-8-21-7-6-17-2)11(18-3)13(19-4)14(16,20-5)12(9)15/h13,16H,6-8H2,1-5H3. The SMILES string of the molecule is COCCOCOC1=C(OC)C(OC)C(O)(OC)C(Br)=C1C. The van der Waals surface area contributed by atoms with Crippen LogP contribution >= 0.6 is 15.9 Å². The van der Waals surface area contributed by atoms with Crippen molar-refractivity contribution in [1.82, 2.24) is 0 Å². The normalized spacial score (nSPS) is 25.7. The Labute approximate surface area is 138 Å². The first-order chi connectivity index (χ1) is 10.5. The Hall–Kier alpha value is -0.640. The third kappa shape index (κ3) is 3.81. The number of rotatable bonds is 9. The van der Waals surface area contributed by atoms with Crippen molar-refractivity contribution in [2.75, 3.05) is 48.4 Å². The van der Waals surface area contributed by atoms with E-state index < -0.39 is 11.9 Å². The highest BCUT2D eigenvalue weighted by Gasteiger charge is 2.50. The molecule has 8 heteroatoms. The number of ether oxygens (including phenoxy) is 6. The van der Waals surface area contributed by atoms with Gasteiger partial charge in [0.2, 0.25) is 5.79 Å². The van der Waals surface area contributed by atoms with E-state index in [1.54, 1.807) is 14.0 Å². The van der Waals surface area contributed by atoms with Gasteiger partial charge in [-0.05, 0) is 22.9 Å². The molecule has 2 atom stereocenters. The Kier molecular flexibility index (Phi) is 7.81. The van der Waals surface area contributed by atoms with Crippen molar-refractivity contribution in [3.8, 4) is 0 Å². The summed E-state index contributed by atoms with van der Waals surface area (Å²) in [6.45, 7) is 2.67. The molecule has 1 N–H and O–H groups in total. The average molecular weight is 383 g/mol. The van der Waals surface area contributed by atoms with Gasteiger partial charge >= 0.3 is 0 Å². The highest BCUT2D eigenvalue weighted by atomic mass is 79.9. The van der Waals surface area contributed by atoms with E-state index in [0.29, 0.717) is 34.8 Å². The number of allylic oxidation sites excluding steroid dienone is 1. The molecule has 2 unspecified atom stereocenters. The molecule has 0 radical (unpaired) electrons. The van der Waals surface area contributed by atoms with Crippen molar-refractivity contribution in [3.05, 3.63) is 21.6 Å². The number of halogens is 1. The molecular formula is C14H23BrO7. The monoisotopic (exact) mass is 382 g/mol. The molecule has 0 saturated carbocycles. The molecule has 0 aromatic rings. The lowest BCUT2D eigenvalue weighted by atomic mass is 9.95. The van der Waals surface area contributed by atoms with E-state index in [9.17, 15) is 5.11 Å². The molecule has 0 saturated heterocycles. The maximum absolute atomic E-state index is 10.7. The predicted octanol–water partition coefficient (Wildman–Crippen LogP) is 1.51. The minimum atomic E-state index is -1.69. The average Bonchev–Trinajstić information content (AvgIpc) is 2.53. The lowest BCUT2D eigenvalue weighted by molar-refractivity contribution is -0.219. The molecule has 0 spiro atoms. The van der Waals surface area contributed by atoms with Gasteiger partial charge in [-0.2, -0.15) is 0 Å². The lowest BCUT2D eigenvalue weighted by Crippen LogP contribution is -2.50. The number of methoxy groups -OCH3 is 4. The van der Waals surface area contributed by atoms with Gasteiger partial charge in [0.25, 0.3) is 0 Å². The Balaban J connectivity index is 3.00. The van der Waals surface area contributed by atoms with Crippen molar-refractivity contribution in [3.63, 3.8) is 0 Å². The first-order valence-electron chi connectivity index (χ1n) is 6.63. The van der Waals surface area contributed by atoms with Crippen LogP contribution in [0.1, 0.15) is 6.92 Å². The summed E-state index contributed by atoms with van der Waals surface area (Å²) in [4.78, 5) is 0. The van der Waals surface area contributed by atoms with Gasteiger partial charge < -0.3 is 33.5 Å². The summed E-state index contributed by atoms with van der Waals surface area (Å²) in [7, 11) is 5.89. The maximum Gasteiger partial charge on any atom is 0.234 e. The quantitative estimate of drug-likeness (QED) is 0.478. The van der Waals surface area contributed by atoms with E-state index in [-0.39, 0.29) is 6.79 Å². The van der Waals surface area contributed by atoms with Crippen LogP contribution in [0.3, 0.4) is 0 Å². The molecule has 128 valence electrons. The van der Waals surface area contributed by atoms with Crippen molar-refractivity contribution >= 4 is 15.9 Å². The Morgan fingerprint density at radius 3 is 2.36 bits per heavy atom. The second-order valence-corrected chi connectivity index (χ2v) is 5.31. The first kappa shape index (κ1) is 19.4. The number of hydrogen-bond donors (Lipinski definition) is 1. The van der Waals surface area contributed by atoms with E-state index in [1.807, 2.05) is 0 Å². The van der Waals surface area contributed by atoms with Gasteiger partial charge in [-0.3, -0.25) is 0 Å². The fraction of sp³-hybridized carbons (Fsp3) is 0.714. The third-order valence-electron chi connectivity index (χ3n) is 3.29. The van der Waals surface area contributed by atoms with Crippen molar-refractivity contribution < 1.29 is 33.5 Å². The number of aliphatic hydroxyl groups is 1. The van der Waals surface area contributed by atoms with E-state index in [2.05, 4.69) is 15.9 Å². The summed E-state index contributed by atoms with van der Waals surface area (Å²) in [6, 6.07) is 0. The van der Waals surface area contributed by atoms with Crippen LogP contribution in [0.25, 0.3) is 0 Å². The Morgan fingerprint density at radius 1 is 1.18 bits per heavy atom. The van der Waals surface area contributed by atoms with Crippen LogP contribution in [0.4, 0.5) is 0 Å². The molecule has 0 fully saturated rings. The van der Waals surface area contributed by atoms with Crippen LogP contribution < -0.4 is 0 Å². The molecule has 0 amide bonds. The first-order valence-corrected chi connectivity index (χ1v) is 7.42. The van der Waals surface area contributed by atoms with Gasteiger partial charge in [-0.15, -0.1) is 0 Å². The Bertz CT molecular complexity index is 435. The molecule has 1 aliphatic rings. The van der Waals surface area contributed by atoms with Crippen molar-refractivity contribution in [2.45, 2.75) is 18.8 Å². The van der Waals surface area contributed by atoms with Gasteiger partial charge in [-0.25, -0.2) is 0 Å². The van der Waals surface area contributed by atoms with Crippen molar-refractivity contribution in [2.24, 2.45) is 0 Å². The summed E-state index contributed by atoms with van der Waals surface area (Å²) in [5.41, 5.74) is 0.629. The zero-order valence-corrected chi connectivity index (χ0v) is 15.1. The van der Waals surface area contributed by atoms with E-state index >= 15 is 0 Å². The topological polar surface area (TPSA) is 75.6 Å². The summed E-state index contributed by atoms with van der Waals surface area (Å²) >= 11 is 3.34. The molecule has 0 heterocycles. The second-order valence-electron chi connectivity index (χ2n) is 4.52. The zero-order chi connectivity index (χ0) is 16.8. The molecule has 0 bridgehead atoms. The molecular weight excluding hydrogens is 360 g/mol. The minimum absolute atomic E-state index is 0.0189. The minimum Gasteiger partial charge on any atom is -0.494 e. The third-order valence-corrected chi connectivity index (χ3v) is 4.45. The van der Waals surface area contributed by atoms with Gasteiger partial charge in [0.1, 0.15) is 0 Å². The maximum atomic E-state index is 10.7. The predicted molar refractivity (Wildman–Crippen MR) is 82.2 cm³/mol. The highest BCUT2D eigenvalue weighted by Crippen LogP contribution is 2.43. The molecule has 22 heavy (non-hydrogen) atoms. The van der Waals surface area contributed by atoms with E-state index in [1.165, 1.54) is 21.3 Å². The van der Waals surface area contributed by atoms with Gasteiger partial charge in [0, 0.05) is 26.9 Å². The fourth-order valence-corrected chi connectivity index (χ4v) is 2.66. The van der Waals surface area contributed by atoms with Crippen molar-refractivity contribution in [1.29, 1.82) is 0 Å². The van der Waals surface area contributed by atoms with Gasteiger partial charge in [0.05, 0.1) is 24.8 Å². The van der Waals surface area contributed by atoms with Gasteiger partial charge in [-0.1, -0.05) is 0 Å². The zero-order valence-electron chi connectivity index (χ0n) is 13.5. The number of hydrogen-bond acceptors (Lipinski definition) is 7. The van der Waals surface area contributed by atoms with Crippen LogP contribution in [0.15, 0.2) is 21.6 Å². The summed E-state index contributed by atoms with van der Waals surface area (Å²) in [5, 5.41) is 10.7. The smallest absolute Gasteiger partial charge is 0.234 e. The molecule has 0 aliphatic heterocycles. The summed E-state index contributed by atoms with van der Waals surface area (Å²) in [5.74, 6) is -0.934. The molecule has 1 aliphatic carbocycles. The van der Waals surface area contributed by atoms with Crippen LogP contribution in [0.5, 0.6) is 0 Å². The molecule has 0 aromatic carbocycles. The van der Waals surface area contributed by atoms with Crippen LogP contribution in [-0.2, 0) is 28.4 Å². The van der Waals surface area contributed by atoms with Crippen LogP contribution in [0.2, 0.25) is 0 Å². The lowest BCUT2D eigenvalue weighted by Gasteiger charge is -2.39. The second kappa shape index (κ2) is 8.85. The fourth-order valence-electron chi connectivity index (χ4n) is 2.11. The molecule has 7 nitrogen and oxygen atoms in total. The molecule has 1 rings (SSSR count). The van der Waals surface area contributed by atoms with Gasteiger partial charge in [0.15, 0.2) is 24.4 Å². The highest BCUT2D eigenvalue weighted by molar-refractivity contribution is 9.11. The largest absolute Gasteiger partial charge is 0.494 e. The summed E-state index contributed by atoms with van der Waals surface area (Å²) in [6.07, 6.45) is -0.880. The molecule has 0 aromatic heterocycles.